The Morgan fingerprint density at radius 3 is 1.91 bits per heavy atom. The van der Waals surface area contributed by atoms with E-state index >= 15 is 0 Å². The van der Waals surface area contributed by atoms with E-state index in [9.17, 15) is 0 Å². The summed E-state index contributed by atoms with van der Waals surface area (Å²) in [5, 5.41) is 2.37. The molecule has 3 heterocycles. The van der Waals surface area contributed by atoms with Gasteiger partial charge in [0.25, 0.3) is 0 Å². The van der Waals surface area contributed by atoms with Gasteiger partial charge in [-0.2, -0.15) is 0 Å². The maximum absolute atomic E-state index is 6.89. The van der Waals surface area contributed by atoms with Crippen molar-refractivity contribution in [3.63, 3.8) is 0 Å². The van der Waals surface area contributed by atoms with Gasteiger partial charge in [0.05, 0.1) is 22.4 Å². The summed E-state index contributed by atoms with van der Waals surface area (Å²) in [5.74, 6) is 2.51. The van der Waals surface area contributed by atoms with E-state index in [1.807, 2.05) is 6.20 Å². The molecule has 0 aliphatic carbocycles. The van der Waals surface area contributed by atoms with Gasteiger partial charge in [-0.15, -0.1) is 0 Å². The second-order valence-corrected chi connectivity index (χ2v) is 17.6. The quantitative estimate of drug-likeness (QED) is 0.156. The zero-order valence-electron chi connectivity index (χ0n) is 33.9. The fraction of sp³-hybridized carbons (Fsp3) is 0.300. The summed E-state index contributed by atoms with van der Waals surface area (Å²) in [4.78, 5) is 9.77. The first kappa shape index (κ1) is 36.4. The Hall–Kier alpha value is -5.55. The van der Waals surface area contributed by atoms with Gasteiger partial charge in [0.15, 0.2) is 0 Å². The average Bonchev–Trinajstić information content (AvgIpc) is 3.73. The van der Waals surface area contributed by atoms with E-state index < -0.39 is 0 Å². The molecule has 2 aromatic heterocycles. The van der Waals surface area contributed by atoms with Gasteiger partial charge in [0.2, 0.25) is 0 Å². The fourth-order valence-electron chi connectivity index (χ4n) is 8.00. The summed E-state index contributed by atoms with van der Waals surface area (Å²) in [5.41, 5.74) is 10.8. The van der Waals surface area contributed by atoms with Gasteiger partial charge < -0.3 is 14.5 Å². The van der Waals surface area contributed by atoms with Gasteiger partial charge in [0, 0.05) is 40.5 Å². The number of hydrogen-bond donors (Lipinski definition) is 0. The zero-order chi connectivity index (χ0) is 38.7. The topological polar surface area (TPSA) is 33.5 Å². The lowest BCUT2D eigenvalue weighted by atomic mass is 9.78. The Morgan fingerprint density at radius 1 is 0.545 bits per heavy atom. The van der Waals surface area contributed by atoms with Gasteiger partial charge in [-0.1, -0.05) is 105 Å². The third-order valence-corrected chi connectivity index (χ3v) is 12.0. The first-order chi connectivity index (χ1) is 26.3. The molecular weight excluding hydrogens is 673 g/mol. The van der Waals surface area contributed by atoms with Crippen LogP contribution < -0.4 is 14.5 Å². The minimum Gasteiger partial charge on any atom is -0.457 e. The highest BCUT2D eigenvalue weighted by Gasteiger charge is 2.31. The SMILES string of the molecule is CCC(C)(CC)c1cccc(N2CN(c3cc(Oc4ccc5c6ccccc6n(-c6cc(C(C)(C)C)ccn6)c5c4)cc(C(C)(C)C)c3)c3ccccc32)c1. The van der Waals surface area contributed by atoms with E-state index in [2.05, 4.69) is 198 Å². The molecule has 0 radical (unpaired) electrons. The predicted molar refractivity (Wildman–Crippen MR) is 232 cm³/mol. The number of nitrogens with zero attached hydrogens (tertiary/aromatic N) is 4. The van der Waals surface area contributed by atoms with Crippen LogP contribution >= 0.6 is 0 Å². The van der Waals surface area contributed by atoms with E-state index in [1.54, 1.807) is 0 Å². The molecule has 0 unspecified atom stereocenters. The molecule has 0 fully saturated rings. The van der Waals surface area contributed by atoms with E-state index in [0.717, 1.165) is 46.9 Å². The highest BCUT2D eigenvalue weighted by molar-refractivity contribution is 6.09. The molecule has 0 N–H and O–H groups in total. The van der Waals surface area contributed by atoms with E-state index in [4.69, 9.17) is 9.72 Å². The van der Waals surface area contributed by atoms with Crippen LogP contribution in [-0.2, 0) is 16.2 Å². The normalized spacial score (nSPS) is 13.5. The lowest BCUT2D eigenvalue weighted by molar-refractivity contribution is 0.439. The predicted octanol–water partition coefficient (Wildman–Crippen LogP) is 13.9. The number of aromatic nitrogens is 2. The second-order valence-electron chi connectivity index (χ2n) is 17.6. The van der Waals surface area contributed by atoms with Crippen molar-refractivity contribution >= 4 is 44.6 Å². The number of fused-ring (bicyclic) bond motifs is 4. The van der Waals surface area contributed by atoms with Gasteiger partial charge in [-0.25, -0.2) is 4.98 Å². The maximum atomic E-state index is 6.89. The van der Waals surface area contributed by atoms with Crippen LogP contribution in [0.1, 0.15) is 91.8 Å². The molecule has 1 aliphatic heterocycles. The summed E-state index contributed by atoms with van der Waals surface area (Å²) < 4.78 is 9.17. The molecule has 55 heavy (non-hydrogen) atoms. The van der Waals surface area contributed by atoms with E-state index in [0.29, 0.717) is 6.67 Å². The molecule has 5 nitrogen and oxygen atoms in total. The van der Waals surface area contributed by atoms with Crippen molar-refractivity contribution in [2.45, 2.75) is 91.4 Å². The molecule has 7 aromatic rings. The fourth-order valence-corrected chi connectivity index (χ4v) is 8.00. The molecule has 280 valence electrons. The van der Waals surface area contributed by atoms with Crippen molar-refractivity contribution in [2.75, 3.05) is 16.5 Å². The molecule has 0 saturated carbocycles. The molecule has 0 amide bonds. The van der Waals surface area contributed by atoms with Crippen LogP contribution in [0.5, 0.6) is 11.5 Å². The highest BCUT2D eigenvalue weighted by Crippen LogP contribution is 2.47. The lowest BCUT2D eigenvalue weighted by Crippen LogP contribution is -2.25. The van der Waals surface area contributed by atoms with Crippen molar-refractivity contribution in [1.82, 2.24) is 9.55 Å². The molecule has 0 atom stereocenters. The summed E-state index contributed by atoms with van der Waals surface area (Å²) in [6.07, 6.45) is 4.14. The van der Waals surface area contributed by atoms with Gasteiger partial charge in [-0.05, 0) is 113 Å². The van der Waals surface area contributed by atoms with Crippen LogP contribution in [-0.4, -0.2) is 16.2 Å². The molecular formula is C50H54N4O. The minimum absolute atomic E-state index is 0.00292. The van der Waals surface area contributed by atoms with E-state index in [1.165, 1.54) is 44.5 Å². The number of benzene rings is 5. The maximum Gasteiger partial charge on any atom is 0.137 e. The Bertz CT molecular complexity index is 2530. The standard InChI is InChI=1S/C50H54N4O/c1-10-50(9,11-2)35-17-16-18-37(27-35)52-33-53(45-22-15-14-21-44(45)52)38-28-36(49(6,7)8)29-40(31-38)55-39-23-24-42-41-19-12-13-20-43(41)54(46(42)32-39)47-30-34(25-26-51-47)48(3,4)5/h12-32H,10-11,33H2,1-9H3. The third kappa shape index (κ3) is 6.64. The Kier molecular flexibility index (Phi) is 9.03. The molecule has 5 aromatic carbocycles. The first-order valence-corrected chi connectivity index (χ1v) is 19.9. The van der Waals surface area contributed by atoms with Crippen molar-refractivity contribution < 1.29 is 4.74 Å². The van der Waals surface area contributed by atoms with Crippen molar-refractivity contribution in [3.05, 3.63) is 144 Å². The smallest absolute Gasteiger partial charge is 0.137 e. The Balaban J connectivity index is 1.20. The number of pyridine rings is 1. The van der Waals surface area contributed by atoms with Crippen molar-refractivity contribution in [2.24, 2.45) is 0 Å². The minimum atomic E-state index is -0.0910. The molecule has 5 heteroatoms. The summed E-state index contributed by atoms with van der Waals surface area (Å²) in [6.45, 7) is 21.2. The molecule has 8 rings (SSSR count). The van der Waals surface area contributed by atoms with Crippen LogP contribution in [0.4, 0.5) is 22.7 Å². The number of hydrogen-bond acceptors (Lipinski definition) is 4. The van der Waals surface area contributed by atoms with Crippen molar-refractivity contribution in [3.8, 4) is 17.3 Å². The Morgan fingerprint density at radius 2 is 1.20 bits per heavy atom. The summed E-state index contributed by atoms with van der Waals surface area (Å²) in [6, 6.07) is 44.1. The number of anilines is 4. The van der Waals surface area contributed by atoms with Crippen molar-refractivity contribution in [1.29, 1.82) is 0 Å². The van der Waals surface area contributed by atoms with Crippen LogP contribution in [0.15, 0.2) is 128 Å². The zero-order valence-corrected chi connectivity index (χ0v) is 33.9. The summed E-state index contributed by atoms with van der Waals surface area (Å²) in [7, 11) is 0. The largest absolute Gasteiger partial charge is 0.457 e. The molecule has 1 aliphatic rings. The lowest BCUT2D eigenvalue weighted by Gasteiger charge is -2.29. The van der Waals surface area contributed by atoms with Gasteiger partial charge >= 0.3 is 0 Å². The van der Waals surface area contributed by atoms with Crippen LogP contribution in [0.2, 0.25) is 0 Å². The number of para-hydroxylation sites is 3. The molecule has 0 saturated heterocycles. The highest BCUT2D eigenvalue weighted by atomic mass is 16.5. The van der Waals surface area contributed by atoms with Gasteiger partial charge in [0.1, 0.15) is 24.0 Å². The van der Waals surface area contributed by atoms with Gasteiger partial charge in [-0.3, -0.25) is 4.57 Å². The average molecular weight is 727 g/mol. The van der Waals surface area contributed by atoms with Crippen LogP contribution in [0, 0.1) is 0 Å². The van der Waals surface area contributed by atoms with Crippen LogP contribution in [0.25, 0.3) is 27.6 Å². The van der Waals surface area contributed by atoms with Crippen LogP contribution in [0.3, 0.4) is 0 Å². The molecule has 0 bridgehead atoms. The second kappa shape index (κ2) is 13.6. The third-order valence-electron chi connectivity index (χ3n) is 12.0. The Labute approximate surface area is 327 Å². The number of ether oxygens (including phenoxy) is 1. The van der Waals surface area contributed by atoms with E-state index in [-0.39, 0.29) is 16.2 Å². The summed E-state index contributed by atoms with van der Waals surface area (Å²) >= 11 is 0. The molecule has 0 spiro atoms. The monoisotopic (exact) mass is 726 g/mol. The number of rotatable bonds is 8. The first-order valence-electron chi connectivity index (χ1n) is 19.9.